The monoisotopic (exact) mass is 278 g/mol. The number of nitrogens with zero attached hydrogens (tertiary/aromatic N) is 1. The number of nitrogens with one attached hydrogen (secondary N) is 1. The predicted molar refractivity (Wildman–Crippen MR) is 81.5 cm³/mol. The van der Waals surface area contributed by atoms with E-state index < -0.39 is 0 Å². The largest absolute Gasteiger partial charge is 0.314 e. The second-order valence-corrected chi connectivity index (χ2v) is 7.40. The molecule has 0 aromatic carbocycles. The van der Waals surface area contributed by atoms with Gasteiger partial charge in [-0.2, -0.15) is 0 Å². The quantitative estimate of drug-likeness (QED) is 0.854. The topological polar surface area (TPSA) is 24.9 Å². The van der Waals surface area contributed by atoms with Crippen LogP contribution in [0, 0.1) is 17.8 Å². The van der Waals surface area contributed by atoms with Gasteiger partial charge in [0.05, 0.1) is 5.01 Å². The highest BCUT2D eigenvalue weighted by molar-refractivity contribution is 7.09. The van der Waals surface area contributed by atoms with Crippen molar-refractivity contribution in [1.82, 2.24) is 10.3 Å². The Balaban J connectivity index is 1.58. The van der Waals surface area contributed by atoms with Crippen molar-refractivity contribution in [3.63, 3.8) is 0 Å². The van der Waals surface area contributed by atoms with Crippen LogP contribution in [0.4, 0.5) is 0 Å². The normalized spacial score (nSPS) is 31.5. The van der Waals surface area contributed by atoms with Crippen LogP contribution in [0.25, 0.3) is 0 Å². The molecule has 0 radical (unpaired) electrons. The fourth-order valence-electron chi connectivity index (χ4n) is 3.50. The van der Waals surface area contributed by atoms with E-state index in [4.69, 9.17) is 0 Å². The number of thiazole rings is 1. The van der Waals surface area contributed by atoms with Gasteiger partial charge in [-0.3, -0.25) is 0 Å². The maximum Gasteiger partial charge on any atom is 0.0927 e. The van der Waals surface area contributed by atoms with E-state index in [0.717, 1.165) is 23.8 Å². The maximum atomic E-state index is 4.50. The fraction of sp³-hybridized carbons (Fsp3) is 0.812. The molecule has 2 nitrogen and oxygen atoms in total. The van der Waals surface area contributed by atoms with Gasteiger partial charge in [-0.1, -0.05) is 19.8 Å². The van der Waals surface area contributed by atoms with E-state index in [1.807, 2.05) is 17.5 Å². The van der Waals surface area contributed by atoms with Crippen molar-refractivity contribution >= 4 is 11.3 Å². The third-order valence-corrected chi connectivity index (χ3v) is 5.79. The predicted octanol–water partition coefficient (Wildman–Crippen LogP) is 3.88. The Hall–Kier alpha value is -0.410. The summed E-state index contributed by atoms with van der Waals surface area (Å²) < 4.78 is 0. The first-order chi connectivity index (χ1) is 9.35. The Morgan fingerprint density at radius 2 is 2.16 bits per heavy atom. The van der Waals surface area contributed by atoms with Crippen LogP contribution >= 0.6 is 11.3 Å². The van der Waals surface area contributed by atoms with Gasteiger partial charge in [0.15, 0.2) is 0 Å². The fourth-order valence-corrected chi connectivity index (χ4v) is 4.21. The Bertz CT molecular complexity index is 372. The van der Waals surface area contributed by atoms with Crippen molar-refractivity contribution in [1.29, 1.82) is 0 Å². The molecule has 1 aromatic heterocycles. The molecular weight excluding hydrogens is 252 g/mol. The van der Waals surface area contributed by atoms with Gasteiger partial charge in [-0.05, 0) is 50.0 Å². The van der Waals surface area contributed by atoms with Gasteiger partial charge in [0.1, 0.15) is 0 Å². The first-order valence-electron chi connectivity index (χ1n) is 7.97. The highest BCUT2D eigenvalue weighted by Crippen LogP contribution is 2.37. The van der Waals surface area contributed by atoms with Crippen LogP contribution in [0.5, 0.6) is 0 Å². The summed E-state index contributed by atoms with van der Waals surface area (Å²) in [6.45, 7) is 3.60. The zero-order chi connectivity index (χ0) is 13.1. The molecule has 0 amide bonds. The molecule has 1 N–H and O–H groups in total. The highest BCUT2D eigenvalue weighted by Gasteiger charge is 2.31. The molecule has 0 aliphatic heterocycles. The van der Waals surface area contributed by atoms with Crippen molar-refractivity contribution in [3.8, 4) is 0 Å². The molecule has 1 heterocycles. The third-order valence-electron chi connectivity index (χ3n) is 4.99. The van der Waals surface area contributed by atoms with Crippen LogP contribution in [0.3, 0.4) is 0 Å². The van der Waals surface area contributed by atoms with Crippen LogP contribution < -0.4 is 5.32 Å². The van der Waals surface area contributed by atoms with Crippen LogP contribution in [0.1, 0.15) is 50.5 Å². The molecule has 2 saturated carbocycles. The lowest BCUT2D eigenvalue weighted by Gasteiger charge is -2.36. The van der Waals surface area contributed by atoms with Gasteiger partial charge < -0.3 is 5.32 Å². The molecule has 3 rings (SSSR count). The number of hydrogen-bond acceptors (Lipinski definition) is 3. The third kappa shape index (κ3) is 3.79. The van der Waals surface area contributed by atoms with Crippen molar-refractivity contribution in [2.75, 3.05) is 6.54 Å². The first kappa shape index (κ1) is 13.6. The highest BCUT2D eigenvalue weighted by atomic mass is 32.1. The van der Waals surface area contributed by atoms with E-state index in [1.165, 1.54) is 56.5 Å². The smallest absolute Gasteiger partial charge is 0.0927 e. The van der Waals surface area contributed by atoms with Gasteiger partial charge >= 0.3 is 0 Å². The van der Waals surface area contributed by atoms with Gasteiger partial charge in [0.2, 0.25) is 0 Å². The molecule has 3 atom stereocenters. The molecule has 19 heavy (non-hydrogen) atoms. The zero-order valence-corrected chi connectivity index (χ0v) is 12.8. The van der Waals surface area contributed by atoms with Gasteiger partial charge in [0, 0.05) is 24.0 Å². The molecule has 1 aromatic rings. The molecule has 3 heteroatoms. The first-order valence-corrected chi connectivity index (χ1v) is 8.85. The summed E-state index contributed by atoms with van der Waals surface area (Å²) in [4.78, 5) is 4.50. The summed E-state index contributed by atoms with van der Waals surface area (Å²) in [5.74, 6) is 2.70. The minimum Gasteiger partial charge on any atom is -0.314 e. The van der Waals surface area contributed by atoms with Crippen molar-refractivity contribution in [3.05, 3.63) is 16.6 Å². The molecule has 106 valence electrons. The van der Waals surface area contributed by atoms with Gasteiger partial charge in [-0.15, -0.1) is 11.3 Å². The average Bonchev–Trinajstić information content (AvgIpc) is 3.13. The molecule has 0 saturated heterocycles. The van der Waals surface area contributed by atoms with E-state index >= 15 is 0 Å². The van der Waals surface area contributed by atoms with Crippen LogP contribution in [0.15, 0.2) is 11.6 Å². The number of hydrogen-bond donors (Lipinski definition) is 1. The Labute approximate surface area is 121 Å². The lowest BCUT2D eigenvalue weighted by molar-refractivity contribution is 0.171. The van der Waals surface area contributed by atoms with Crippen molar-refractivity contribution < 1.29 is 0 Å². The average molecular weight is 278 g/mol. The summed E-state index contributed by atoms with van der Waals surface area (Å²) >= 11 is 1.83. The van der Waals surface area contributed by atoms with Crippen LogP contribution in [-0.2, 0) is 6.42 Å². The second-order valence-electron chi connectivity index (χ2n) is 6.42. The van der Waals surface area contributed by atoms with Crippen molar-refractivity contribution in [2.24, 2.45) is 17.8 Å². The Kier molecular flexibility index (Phi) is 4.54. The van der Waals surface area contributed by atoms with Crippen molar-refractivity contribution in [2.45, 2.75) is 57.9 Å². The van der Waals surface area contributed by atoms with E-state index in [-0.39, 0.29) is 0 Å². The minimum absolute atomic E-state index is 0.851. The van der Waals surface area contributed by atoms with Gasteiger partial charge in [0.25, 0.3) is 0 Å². The molecule has 0 spiro atoms. The Morgan fingerprint density at radius 3 is 2.84 bits per heavy atom. The summed E-state index contributed by atoms with van der Waals surface area (Å²) in [5, 5.41) is 7.22. The van der Waals surface area contributed by atoms with E-state index in [9.17, 15) is 0 Å². The molecular formula is C16H26N2S. The molecule has 2 aliphatic rings. The maximum absolute atomic E-state index is 4.50. The second kappa shape index (κ2) is 6.36. The lowest BCUT2D eigenvalue weighted by Crippen LogP contribution is -2.35. The number of aromatic nitrogens is 1. The Morgan fingerprint density at radius 1 is 1.26 bits per heavy atom. The van der Waals surface area contributed by atoms with E-state index in [2.05, 4.69) is 22.6 Å². The van der Waals surface area contributed by atoms with Crippen LogP contribution in [0.2, 0.25) is 0 Å². The zero-order valence-electron chi connectivity index (χ0n) is 12.0. The summed E-state index contributed by atoms with van der Waals surface area (Å²) in [6, 6.07) is 0.851. The van der Waals surface area contributed by atoms with Gasteiger partial charge in [-0.25, -0.2) is 4.98 Å². The summed E-state index contributed by atoms with van der Waals surface area (Å²) in [7, 11) is 0. The molecule has 3 unspecified atom stereocenters. The number of rotatable bonds is 6. The molecule has 2 aliphatic carbocycles. The lowest BCUT2D eigenvalue weighted by atomic mass is 9.72. The SMILES string of the molecule is CCC1CCC(CNC2CC2)C(Cc2nccs2)C1. The van der Waals surface area contributed by atoms with Crippen LogP contribution in [-0.4, -0.2) is 17.6 Å². The van der Waals surface area contributed by atoms with E-state index in [0.29, 0.717) is 0 Å². The van der Waals surface area contributed by atoms with E-state index in [1.54, 1.807) is 0 Å². The summed E-state index contributed by atoms with van der Waals surface area (Å²) in [6.07, 6.45) is 11.6. The standard InChI is InChI=1S/C16H26N2S/c1-2-12-3-4-13(11-18-15-5-6-15)14(9-12)10-16-17-7-8-19-16/h7-8,12-15,18H,2-6,9-11H2,1H3. The minimum atomic E-state index is 0.851. The molecule has 2 fully saturated rings. The summed E-state index contributed by atoms with van der Waals surface area (Å²) in [5.41, 5.74) is 0. The molecule has 0 bridgehead atoms.